The topological polar surface area (TPSA) is 41.1 Å². The van der Waals surface area contributed by atoms with Crippen LogP contribution in [0, 0.1) is 24.6 Å². The maximum atomic E-state index is 13.4. The van der Waals surface area contributed by atoms with E-state index in [2.05, 4.69) is 10.6 Å². The summed E-state index contributed by atoms with van der Waals surface area (Å²) in [5.74, 6) is -0.183. The second kappa shape index (κ2) is 4.35. The van der Waals surface area contributed by atoms with Crippen LogP contribution in [0.25, 0.3) is 0 Å². The number of benzene rings is 1. The Bertz CT molecular complexity index is 457. The Kier molecular flexibility index (Phi) is 3.05. The van der Waals surface area contributed by atoms with Gasteiger partial charge in [-0.3, -0.25) is 4.79 Å². The number of carbonyl (C=O) groups excluding carboxylic acids is 1. The van der Waals surface area contributed by atoms with Crippen molar-refractivity contribution in [3.8, 4) is 0 Å². The molecule has 0 spiro atoms. The number of hydrogen-bond donors (Lipinski definition) is 2. The summed E-state index contributed by atoms with van der Waals surface area (Å²) >= 11 is 0. The van der Waals surface area contributed by atoms with Gasteiger partial charge in [-0.2, -0.15) is 0 Å². The van der Waals surface area contributed by atoms with Crippen LogP contribution in [0.1, 0.15) is 19.4 Å². The summed E-state index contributed by atoms with van der Waals surface area (Å²) in [5, 5.41) is 5.99. The first-order valence-electron chi connectivity index (χ1n) is 5.84. The number of anilines is 2. The highest BCUT2D eigenvalue weighted by Gasteiger charge is 2.26. The quantitative estimate of drug-likeness (QED) is 0.787. The van der Waals surface area contributed by atoms with Crippen LogP contribution in [0.15, 0.2) is 12.1 Å². The lowest BCUT2D eigenvalue weighted by atomic mass is 9.95. The second-order valence-electron chi connectivity index (χ2n) is 4.87. The molecule has 17 heavy (non-hydrogen) atoms. The first-order valence-corrected chi connectivity index (χ1v) is 5.84. The number of carbonyl (C=O) groups is 1. The van der Waals surface area contributed by atoms with Crippen LogP contribution in [0.2, 0.25) is 0 Å². The molecule has 4 heteroatoms. The fraction of sp³-hybridized carbons (Fsp3) is 0.462. The molecule has 2 N–H and O–H groups in total. The Hall–Kier alpha value is -1.58. The summed E-state index contributed by atoms with van der Waals surface area (Å²) in [6.45, 7) is 6.31. The van der Waals surface area contributed by atoms with Gasteiger partial charge in [0.05, 0.1) is 17.3 Å². The lowest BCUT2D eigenvalue weighted by molar-refractivity contribution is -0.120. The van der Waals surface area contributed by atoms with Crippen LogP contribution >= 0.6 is 0 Å². The molecule has 0 aromatic heterocycles. The number of aryl methyl sites for hydroxylation is 1. The maximum absolute atomic E-state index is 13.4. The largest absolute Gasteiger partial charge is 0.383 e. The van der Waals surface area contributed by atoms with Crippen LogP contribution < -0.4 is 10.6 Å². The highest BCUT2D eigenvalue weighted by molar-refractivity contribution is 5.97. The fourth-order valence-corrected chi connectivity index (χ4v) is 2.01. The molecule has 0 saturated heterocycles. The van der Waals surface area contributed by atoms with Crippen molar-refractivity contribution in [2.75, 3.05) is 17.2 Å². The van der Waals surface area contributed by atoms with Crippen molar-refractivity contribution in [2.45, 2.75) is 20.8 Å². The minimum Gasteiger partial charge on any atom is -0.383 e. The molecule has 1 atom stereocenters. The van der Waals surface area contributed by atoms with E-state index >= 15 is 0 Å². The van der Waals surface area contributed by atoms with Gasteiger partial charge in [0, 0.05) is 6.54 Å². The van der Waals surface area contributed by atoms with Crippen LogP contribution in [0.5, 0.6) is 0 Å². The van der Waals surface area contributed by atoms with Crippen LogP contribution in [0.3, 0.4) is 0 Å². The summed E-state index contributed by atoms with van der Waals surface area (Å²) in [4.78, 5) is 11.9. The third-order valence-electron chi connectivity index (χ3n) is 3.21. The molecule has 0 saturated carbocycles. The van der Waals surface area contributed by atoms with E-state index in [1.165, 1.54) is 6.07 Å². The molecular weight excluding hydrogens is 219 g/mol. The molecule has 1 aromatic carbocycles. The minimum atomic E-state index is -0.297. The van der Waals surface area contributed by atoms with Gasteiger partial charge in [-0.15, -0.1) is 0 Å². The molecule has 92 valence electrons. The van der Waals surface area contributed by atoms with Crippen molar-refractivity contribution in [3.63, 3.8) is 0 Å². The fourth-order valence-electron chi connectivity index (χ4n) is 2.01. The van der Waals surface area contributed by atoms with Crippen molar-refractivity contribution < 1.29 is 9.18 Å². The third kappa shape index (κ3) is 2.25. The number of rotatable bonds is 1. The monoisotopic (exact) mass is 236 g/mol. The molecule has 0 aliphatic carbocycles. The minimum absolute atomic E-state index is 0.0468. The van der Waals surface area contributed by atoms with Crippen LogP contribution in [-0.4, -0.2) is 12.5 Å². The third-order valence-corrected chi connectivity index (χ3v) is 3.21. The lowest BCUT2D eigenvalue weighted by Gasteiger charge is -2.16. The Morgan fingerprint density at radius 3 is 2.71 bits per heavy atom. The molecule has 0 bridgehead atoms. The van der Waals surface area contributed by atoms with Crippen molar-refractivity contribution >= 4 is 17.3 Å². The molecule has 0 radical (unpaired) electrons. The van der Waals surface area contributed by atoms with Crippen LogP contribution in [0.4, 0.5) is 15.8 Å². The van der Waals surface area contributed by atoms with Crippen molar-refractivity contribution in [1.82, 2.24) is 0 Å². The number of amides is 1. The maximum Gasteiger partial charge on any atom is 0.229 e. The van der Waals surface area contributed by atoms with E-state index in [4.69, 9.17) is 0 Å². The smallest absolute Gasteiger partial charge is 0.229 e. The van der Waals surface area contributed by atoms with E-state index in [1.807, 2.05) is 13.8 Å². The summed E-state index contributed by atoms with van der Waals surface area (Å²) in [6.07, 6.45) is 0. The zero-order valence-electron chi connectivity index (χ0n) is 10.3. The Morgan fingerprint density at radius 1 is 1.35 bits per heavy atom. The van der Waals surface area contributed by atoms with Gasteiger partial charge in [-0.1, -0.05) is 13.8 Å². The van der Waals surface area contributed by atoms with Gasteiger partial charge < -0.3 is 10.6 Å². The highest BCUT2D eigenvalue weighted by Crippen LogP contribution is 2.29. The summed E-state index contributed by atoms with van der Waals surface area (Å²) in [5.41, 5.74) is 1.90. The van der Waals surface area contributed by atoms with E-state index in [-0.39, 0.29) is 23.6 Å². The number of nitrogens with one attached hydrogen (secondary N) is 2. The van der Waals surface area contributed by atoms with E-state index in [1.54, 1.807) is 13.0 Å². The number of hydrogen-bond acceptors (Lipinski definition) is 2. The second-order valence-corrected chi connectivity index (χ2v) is 4.87. The summed E-state index contributed by atoms with van der Waals surface area (Å²) in [7, 11) is 0. The average molecular weight is 236 g/mol. The lowest BCUT2D eigenvalue weighted by Crippen LogP contribution is -2.29. The molecule has 1 aliphatic heterocycles. The van der Waals surface area contributed by atoms with Gasteiger partial charge in [-0.05, 0) is 30.5 Å². The first-order chi connectivity index (χ1) is 7.99. The molecule has 3 nitrogen and oxygen atoms in total. The van der Waals surface area contributed by atoms with Gasteiger partial charge in [0.15, 0.2) is 0 Å². The van der Waals surface area contributed by atoms with Gasteiger partial charge in [0.25, 0.3) is 0 Å². The first kappa shape index (κ1) is 11.9. The SMILES string of the molecule is Cc1cc2c(cc1F)NC(=O)C(C(C)C)CN2. The Labute approximate surface area is 100 Å². The molecular formula is C13H17FN2O. The van der Waals surface area contributed by atoms with Crippen molar-refractivity contribution in [3.05, 3.63) is 23.5 Å². The molecule has 0 fully saturated rings. The van der Waals surface area contributed by atoms with Crippen LogP contribution in [-0.2, 0) is 4.79 Å². The average Bonchev–Trinajstić information content (AvgIpc) is 2.38. The van der Waals surface area contributed by atoms with Gasteiger partial charge in [-0.25, -0.2) is 4.39 Å². The summed E-state index contributed by atoms with van der Waals surface area (Å²) in [6, 6.07) is 3.10. The van der Waals surface area contributed by atoms with Gasteiger partial charge in [0.1, 0.15) is 5.82 Å². The zero-order chi connectivity index (χ0) is 12.6. The molecule has 1 heterocycles. The number of fused-ring (bicyclic) bond motifs is 1. The molecule has 1 amide bonds. The molecule has 1 unspecified atom stereocenters. The standard InChI is InChI=1S/C13H17FN2O/c1-7(2)9-6-15-11-4-8(3)10(14)5-12(11)16-13(9)17/h4-5,7,9,15H,6H2,1-3H3,(H,16,17). The van der Waals surface area contributed by atoms with Crippen molar-refractivity contribution in [1.29, 1.82) is 0 Å². The molecule has 1 aromatic rings. The van der Waals surface area contributed by atoms with Crippen molar-refractivity contribution in [2.24, 2.45) is 11.8 Å². The van der Waals surface area contributed by atoms with E-state index < -0.39 is 0 Å². The van der Waals surface area contributed by atoms with E-state index in [9.17, 15) is 9.18 Å². The van der Waals surface area contributed by atoms with E-state index in [0.717, 1.165) is 5.69 Å². The predicted molar refractivity (Wildman–Crippen MR) is 66.6 cm³/mol. The van der Waals surface area contributed by atoms with Gasteiger partial charge in [0.2, 0.25) is 5.91 Å². The normalized spacial score (nSPS) is 19.4. The Morgan fingerprint density at radius 2 is 2.06 bits per heavy atom. The zero-order valence-corrected chi connectivity index (χ0v) is 10.3. The summed E-state index contributed by atoms with van der Waals surface area (Å²) < 4.78 is 13.4. The molecule has 2 rings (SSSR count). The highest BCUT2D eigenvalue weighted by atomic mass is 19.1. The predicted octanol–water partition coefficient (Wildman–Crippen LogP) is 2.77. The van der Waals surface area contributed by atoms with E-state index in [0.29, 0.717) is 17.8 Å². The number of halogens is 1. The Balaban J connectivity index is 2.35. The van der Waals surface area contributed by atoms with Gasteiger partial charge >= 0.3 is 0 Å². The molecule has 1 aliphatic rings.